The van der Waals surface area contributed by atoms with Crippen molar-refractivity contribution in [2.24, 2.45) is 5.92 Å². The summed E-state index contributed by atoms with van der Waals surface area (Å²) >= 11 is 0. The number of H-pyrrole nitrogens is 1. The summed E-state index contributed by atoms with van der Waals surface area (Å²) < 4.78 is 6.81. The van der Waals surface area contributed by atoms with Crippen LogP contribution < -0.4 is 0 Å². The highest BCUT2D eigenvalue weighted by Crippen LogP contribution is 2.25. The molecule has 0 saturated carbocycles. The van der Waals surface area contributed by atoms with E-state index in [9.17, 15) is 4.79 Å². The van der Waals surface area contributed by atoms with Crippen LogP contribution in [0.1, 0.15) is 12.2 Å². The second kappa shape index (κ2) is 4.29. The zero-order chi connectivity index (χ0) is 12.5. The minimum atomic E-state index is -0.160. The van der Waals surface area contributed by atoms with E-state index in [-0.39, 0.29) is 11.9 Å². The third-order valence-corrected chi connectivity index (χ3v) is 3.32. The summed E-state index contributed by atoms with van der Waals surface area (Å²) in [7, 11) is 1.43. The highest BCUT2D eigenvalue weighted by Gasteiger charge is 2.28. The quantitative estimate of drug-likeness (QED) is 0.802. The van der Waals surface area contributed by atoms with Crippen LogP contribution in [0.4, 0.5) is 0 Å². The number of aromatic amines is 1. The van der Waals surface area contributed by atoms with Crippen molar-refractivity contribution in [2.75, 3.05) is 7.11 Å². The smallest absolute Gasteiger partial charge is 0.310 e. The summed E-state index contributed by atoms with van der Waals surface area (Å²) in [6, 6.07) is 3.86. The number of nitrogens with one attached hydrogen (secondary N) is 1. The zero-order valence-electron chi connectivity index (χ0n) is 10.1. The molecule has 0 bridgehead atoms. The number of esters is 1. The number of aromatic nitrogens is 4. The first-order valence-electron chi connectivity index (χ1n) is 5.93. The molecule has 3 rings (SSSR count). The third kappa shape index (κ3) is 1.70. The number of methoxy groups -OCH3 is 1. The van der Waals surface area contributed by atoms with Crippen molar-refractivity contribution < 1.29 is 9.53 Å². The Hall–Kier alpha value is -2.11. The Bertz CT molecular complexity index is 559. The number of ether oxygens (including phenoxy) is 1. The lowest BCUT2D eigenvalue weighted by Gasteiger charge is -2.22. The fourth-order valence-corrected chi connectivity index (χ4v) is 2.35. The maximum atomic E-state index is 11.6. The normalized spacial score (nSPS) is 18.4. The molecule has 6 heteroatoms. The third-order valence-electron chi connectivity index (χ3n) is 3.32. The van der Waals surface area contributed by atoms with Crippen LogP contribution in [0.3, 0.4) is 0 Å². The van der Waals surface area contributed by atoms with E-state index >= 15 is 0 Å². The number of carbonyl (C=O) groups is 1. The van der Waals surface area contributed by atoms with Gasteiger partial charge in [-0.25, -0.2) is 0 Å². The monoisotopic (exact) mass is 246 g/mol. The number of carbonyl (C=O) groups excluding carboxylic acids is 1. The Balaban J connectivity index is 1.94. The molecule has 0 spiro atoms. The predicted molar refractivity (Wildman–Crippen MR) is 63.6 cm³/mol. The van der Waals surface area contributed by atoms with Gasteiger partial charge in [0.2, 0.25) is 0 Å². The molecule has 1 atom stereocenters. The van der Waals surface area contributed by atoms with Gasteiger partial charge in [0.25, 0.3) is 0 Å². The molecule has 0 fully saturated rings. The van der Waals surface area contributed by atoms with E-state index in [2.05, 4.69) is 15.2 Å². The Morgan fingerprint density at radius 2 is 2.44 bits per heavy atom. The number of fused-ring (bicyclic) bond motifs is 1. The van der Waals surface area contributed by atoms with E-state index in [1.54, 1.807) is 0 Å². The number of rotatable bonds is 2. The van der Waals surface area contributed by atoms with Gasteiger partial charge in [-0.3, -0.25) is 4.79 Å². The summed E-state index contributed by atoms with van der Waals surface area (Å²) in [6.07, 6.45) is 3.38. The van der Waals surface area contributed by atoms with Gasteiger partial charge in [0, 0.05) is 19.2 Å². The number of nitrogens with zero attached hydrogens (tertiary/aromatic N) is 3. The molecule has 0 radical (unpaired) electrons. The summed E-state index contributed by atoms with van der Waals surface area (Å²) in [5.41, 5.74) is 0.916. The van der Waals surface area contributed by atoms with E-state index in [0.717, 1.165) is 30.2 Å². The van der Waals surface area contributed by atoms with E-state index in [0.29, 0.717) is 6.54 Å². The molecule has 3 heterocycles. The minimum Gasteiger partial charge on any atom is -0.469 e. The molecular formula is C12H14N4O2. The lowest BCUT2D eigenvalue weighted by molar-refractivity contribution is -0.146. The predicted octanol–water partition coefficient (Wildman–Crippen LogP) is 1.01. The molecule has 0 saturated heterocycles. The van der Waals surface area contributed by atoms with Gasteiger partial charge in [0.15, 0.2) is 5.82 Å². The first-order valence-corrected chi connectivity index (χ1v) is 5.93. The maximum absolute atomic E-state index is 11.6. The molecule has 0 aliphatic carbocycles. The molecule has 0 amide bonds. The number of hydrogen-bond acceptors (Lipinski definition) is 4. The van der Waals surface area contributed by atoms with Crippen molar-refractivity contribution >= 4 is 5.97 Å². The van der Waals surface area contributed by atoms with Crippen LogP contribution in [0, 0.1) is 5.92 Å². The van der Waals surface area contributed by atoms with Crippen LogP contribution in [0.5, 0.6) is 0 Å². The maximum Gasteiger partial charge on any atom is 0.310 e. The van der Waals surface area contributed by atoms with Crippen LogP contribution in [-0.4, -0.2) is 32.8 Å². The summed E-state index contributed by atoms with van der Waals surface area (Å²) in [5.74, 6) is 1.45. The summed E-state index contributed by atoms with van der Waals surface area (Å²) in [5, 5.41) is 8.36. The van der Waals surface area contributed by atoms with Crippen molar-refractivity contribution in [3.05, 3.63) is 24.2 Å². The van der Waals surface area contributed by atoms with Gasteiger partial charge in [-0.2, -0.15) is 0 Å². The van der Waals surface area contributed by atoms with Gasteiger partial charge in [0.05, 0.1) is 18.7 Å². The molecule has 1 aliphatic heterocycles. The molecular weight excluding hydrogens is 232 g/mol. The zero-order valence-corrected chi connectivity index (χ0v) is 10.1. The number of aryl methyl sites for hydroxylation is 1. The minimum absolute atomic E-state index is 0.104. The van der Waals surface area contributed by atoms with Crippen LogP contribution in [-0.2, 0) is 22.5 Å². The lowest BCUT2D eigenvalue weighted by atomic mass is 9.99. The Morgan fingerprint density at radius 1 is 1.56 bits per heavy atom. The Kier molecular flexibility index (Phi) is 2.62. The first-order chi connectivity index (χ1) is 8.79. The van der Waals surface area contributed by atoms with Crippen molar-refractivity contribution in [2.45, 2.75) is 19.4 Å². The van der Waals surface area contributed by atoms with Gasteiger partial charge in [-0.15, -0.1) is 10.2 Å². The first kappa shape index (κ1) is 11.0. The van der Waals surface area contributed by atoms with Gasteiger partial charge in [-0.05, 0) is 18.6 Å². The van der Waals surface area contributed by atoms with Gasteiger partial charge in [0.1, 0.15) is 5.82 Å². The average molecular weight is 246 g/mol. The van der Waals surface area contributed by atoms with Gasteiger partial charge in [-0.1, -0.05) is 0 Å². The average Bonchev–Trinajstić information content (AvgIpc) is 3.05. The van der Waals surface area contributed by atoms with E-state index in [1.807, 2.05) is 22.9 Å². The highest BCUT2D eigenvalue weighted by atomic mass is 16.5. The van der Waals surface area contributed by atoms with Crippen LogP contribution >= 0.6 is 0 Å². The highest BCUT2D eigenvalue weighted by molar-refractivity contribution is 5.72. The number of hydrogen-bond donors (Lipinski definition) is 1. The fraction of sp³-hybridized carbons (Fsp3) is 0.417. The molecule has 2 aromatic rings. The Labute approximate surface area is 104 Å². The SMILES string of the molecule is COC(=O)C1CCc2nnc(-c3ccc[nH]3)n2C1. The van der Waals surface area contributed by atoms with Crippen molar-refractivity contribution in [1.29, 1.82) is 0 Å². The van der Waals surface area contributed by atoms with Crippen molar-refractivity contribution in [1.82, 2.24) is 19.7 Å². The standard InChI is InChI=1S/C12H14N4O2/c1-18-12(17)8-4-5-10-14-15-11(16(10)7-8)9-3-2-6-13-9/h2-3,6,8,13H,4-5,7H2,1H3. The molecule has 94 valence electrons. The lowest BCUT2D eigenvalue weighted by Crippen LogP contribution is -2.28. The summed E-state index contributed by atoms with van der Waals surface area (Å²) in [4.78, 5) is 14.7. The molecule has 2 aromatic heterocycles. The van der Waals surface area contributed by atoms with Crippen LogP contribution in [0.25, 0.3) is 11.5 Å². The van der Waals surface area contributed by atoms with E-state index in [1.165, 1.54) is 7.11 Å². The largest absolute Gasteiger partial charge is 0.469 e. The van der Waals surface area contributed by atoms with Crippen molar-refractivity contribution in [3.63, 3.8) is 0 Å². The van der Waals surface area contributed by atoms with Crippen molar-refractivity contribution in [3.8, 4) is 11.5 Å². The summed E-state index contributed by atoms with van der Waals surface area (Å²) in [6.45, 7) is 0.587. The second-order valence-electron chi connectivity index (χ2n) is 4.39. The molecule has 18 heavy (non-hydrogen) atoms. The van der Waals surface area contributed by atoms with Crippen LogP contribution in [0.2, 0.25) is 0 Å². The topological polar surface area (TPSA) is 72.8 Å². The Morgan fingerprint density at radius 3 is 3.17 bits per heavy atom. The van der Waals surface area contributed by atoms with E-state index in [4.69, 9.17) is 4.74 Å². The van der Waals surface area contributed by atoms with Crippen LogP contribution in [0.15, 0.2) is 18.3 Å². The molecule has 1 unspecified atom stereocenters. The molecule has 6 nitrogen and oxygen atoms in total. The van der Waals surface area contributed by atoms with Gasteiger partial charge < -0.3 is 14.3 Å². The fourth-order valence-electron chi connectivity index (χ4n) is 2.35. The second-order valence-corrected chi connectivity index (χ2v) is 4.39. The molecule has 1 N–H and O–H groups in total. The van der Waals surface area contributed by atoms with Gasteiger partial charge >= 0.3 is 5.97 Å². The molecule has 0 aromatic carbocycles. The molecule has 1 aliphatic rings. The van der Waals surface area contributed by atoms with E-state index < -0.39 is 0 Å².